The van der Waals surface area contributed by atoms with Crippen LogP contribution in [0.4, 0.5) is 0 Å². The summed E-state index contributed by atoms with van der Waals surface area (Å²) in [4.78, 5) is 25.4. The molecule has 1 rings (SSSR count). The number of carbonyl (C=O) groups is 2. The van der Waals surface area contributed by atoms with Gasteiger partial charge in [0.25, 0.3) is 5.79 Å². The first kappa shape index (κ1) is 20.1. The summed E-state index contributed by atoms with van der Waals surface area (Å²) in [6, 6.07) is -1.23. The maximum absolute atomic E-state index is 11.7. The number of amides is 1. The molecule has 1 heterocycles. The van der Waals surface area contributed by atoms with Crippen molar-refractivity contribution in [2.75, 3.05) is 13.7 Å². The third-order valence-corrected chi connectivity index (χ3v) is 3.52. The van der Waals surface area contributed by atoms with E-state index in [1.165, 1.54) is 0 Å². The van der Waals surface area contributed by atoms with Crippen LogP contribution in [-0.4, -0.2) is 82.2 Å². The molecule has 0 aliphatic carbocycles. The Kier molecular flexibility index (Phi) is 6.90. The summed E-state index contributed by atoms with van der Waals surface area (Å²) in [5.74, 6) is -4.37. The normalized spacial score (nSPS) is 32.2. The van der Waals surface area contributed by atoms with Crippen LogP contribution in [0.15, 0.2) is 5.11 Å². The summed E-state index contributed by atoms with van der Waals surface area (Å²) in [7, 11) is 0.984. The Balaban J connectivity index is 3.10. The number of nitrogens with one attached hydrogen (secondary N) is 1. The van der Waals surface area contributed by atoms with E-state index in [-0.39, 0.29) is 0 Å². The van der Waals surface area contributed by atoms with Crippen molar-refractivity contribution in [1.82, 2.24) is 5.32 Å². The topological polar surface area (TPSA) is 194 Å². The smallest absolute Gasteiger partial charge is 0.366 e. The molecule has 0 spiro atoms. The van der Waals surface area contributed by atoms with Gasteiger partial charge in [-0.25, -0.2) is 4.79 Å². The van der Waals surface area contributed by atoms with Gasteiger partial charge < -0.3 is 35.2 Å². The molecule has 136 valence electrons. The summed E-state index contributed by atoms with van der Waals surface area (Å²) in [6.07, 6.45) is -7.11. The number of methoxy groups -OCH3 is 1. The molecule has 12 heteroatoms. The van der Waals surface area contributed by atoms with E-state index in [1.54, 1.807) is 0 Å². The maximum Gasteiger partial charge on any atom is 0.366 e. The maximum atomic E-state index is 11.7. The lowest BCUT2D eigenvalue weighted by atomic mass is 9.88. The predicted octanol–water partition coefficient (Wildman–Crippen LogP) is -2.47. The predicted molar refractivity (Wildman–Crippen MR) is 76.1 cm³/mol. The van der Waals surface area contributed by atoms with E-state index >= 15 is 0 Å². The molecule has 0 aromatic rings. The minimum Gasteiger partial charge on any atom is -0.465 e. The summed E-state index contributed by atoms with van der Waals surface area (Å²) in [6.45, 7) is 0.616. The number of rotatable bonds is 6. The van der Waals surface area contributed by atoms with Crippen LogP contribution in [0, 0.1) is 0 Å². The van der Waals surface area contributed by atoms with Crippen LogP contribution in [-0.2, 0) is 19.1 Å². The first-order chi connectivity index (χ1) is 11.2. The van der Waals surface area contributed by atoms with Gasteiger partial charge in [0.1, 0.15) is 12.2 Å². The molecule has 1 aliphatic heterocycles. The Hall–Kier alpha value is -1.95. The van der Waals surface area contributed by atoms with Gasteiger partial charge >= 0.3 is 5.97 Å². The SMILES string of the molecule is COC(=O)[C@]1(O)C[C@H](O)[C@@H](NC(C)=O)[C@H]([C@H](O)[C@H](O)CN=[N+]=[N-])O1. The fraction of sp³-hybridized carbons (Fsp3) is 0.833. The zero-order valence-corrected chi connectivity index (χ0v) is 13.1. The van der Waals surface area contributed by atoms with Crippen molar-refractivity contribution < 1.29 is 39.5 Å². The van der Waals surface area contributed by atoms with Gasteiger partial charge in [0.15, 0.2) is 0 Å². The molecule has 1 fully saturated rings. The fourth-order valence-corrected chi connectivity index (χ4v) is 2.41. The summed E-state index contributed by atoms with van der Waals surface area (Å²) in [5, 5.41) is 45.7. The molecule has 0 unspecified atom stereocenters. The Morgan fingerprint density at radius 3 is 2.67 bits per heavy atom. The molecule has 0 saturated carbocycles. The van der Waals surface area contributed by atoms with Crippen molar-refractivity contribution in [3.63, 3.8) is 0 Å². The van der Waals surface area contributed by atoms with Gasteiger partial charge in [0.2, 0.25) is 5.91 Å². The second kappa shape index (κ2) is 8.24. The Morgan fingerprint density at radius 2 is 2.17 bits per heavy atom. The molecule has 1 amide bonds. The standard InChI is InChI=1S/C12H20N4O8/c1-5(17)15-8-6(18)3-12(22,11(21)23-2)24-10(8)9(20)7(19)4-14-16-13/h6-10,18-20,22H,3-4H2,1-2H3,(H,15,17)/t6-,7+,8+,9+,10+,12-/m0/s1. The summed E-state index contributed by atoms with van der Waals surface area (Å²) < 4.78 is 9.52. The van der Waals surface area contributed by atoms with E-state index < -0.39 is 61.1 Å². The number of azide groups is 1. The van der Waals surface area contributed by atoms with E-state index in [4.69, 9.17) is 10.3 Å². The highest BCUT2D eigenvalue weighted by Crippen LogP contribution is 2.31. The van der Waals surface area contributed by atoms with Crippen LogP contribution in [0.2, 0.25) is 0 Å². The number of esters is 1. The molecule has 0 bridgehead atoms. The quantitative estimate of drug-likeness (QED) is 0.151. The van der Waals surface area contributed by atoms with Gasteiger partial charge in [0.05, 0.1) is 31.9 Å². The third kappa shape index (κ3) is 4.54. The molecule has 5 N–H and O–H groups in total. The van der Waals surface area contributed by atoms with Crippen molar-refractivity contribution in [1.29, 1.82) is 0 Å². The van der Waals surface area contributed by atoms with Gasteiger partial charge in [-0.05, 0) is 5.53 Å². The highest BCUT2D eigenvalue weighted by atomic mass is 16.7. The fourth-order valence-electron chi connectivity index (χ4n) is 2.41. The number of carbonyl (C=O) groups excluding carboxylic acids is 2. The molecule has 0 aromatic heterocycles. The van der Waals surface area contributed by atoms with E-state index in [9.17, 15) is 30.0 Å². The van der Waals surface area contributed by atoms with E-state index in [0.29, 0.717) is 0 Å². The zero-order valence-electron chi connectivity index (χ0n) is 13.1. The van der Waals surface area contributed by atoms with Crippen molar-refractivity contribution >= 4 is 11.9 Å². The second-order valence-electron chi connectivity index (χ2n) is 5.33. The Bertz CT molecular complexity index is 525. The molecule has 1 aliphatic rings. The van der Waals surface area contributed by atoms with Crippen LogP contribution < -0.4 is 5.32 Å². The molecule has 12 nitrogen and oxygen atoms in total. The summed E-state index contributed by atoms with van der Waals surface area (Å²) >= 11 is 0. The number of hydrogen-bond acceptors (Lipinski definition) is 9. The van der Waals surface area contributed by atoms with Crippen molar-refractivity contribution in [3.8, 4) is 0 Å². The van der Waals surface area contributed by atoms with Crippen LogP contribution in [0.5, 0.6) is 0 Å². The number of hydrogen-bond donors (Lipinski definition) is 5. The molecule has 0 radical (unpaired) electrons. The Labute approximate surface area is 136 Å². The van der Waals surface area contributed by atoms with Gasteiger partial charge in [-0.3, -0.25) is 4.79 Å². The van der Waals surface area contributed by atoms with Crippen LogP contribution >= 0.6 is 0 Å². The van der Waals surface area contributed by atoms with Gasteiger partial charge in [0, 0.05) is 18.3 Å². The van der Waals surface area contributed by atoms with Crippen molar-refractivity contribution in [2.45, 2.75) is 49.6 Å². The molecular formula is C12H20N4O8. The number of aliphatic hydroxyl groups excluding tert-OH is 3. The van der Waals surface area contributed by atoms with Crippen LogP contribution in [0.25, 0.3) is 10.4 Å². The minimum absolute atomic E-state index is 0.531. The lowest BCUT2D eigenvalue weighted by Crippen LogP contribution is -2.67. The van der Waals surface area contributed by atoms with Crippen molar-refractivity contribution in [2.24, 2.45) is 5.11 Å². The number of aliphatic hydroxyl groups is 4. The monoisotopic (exact) mass is 348 g/mol. The van der Waals surface area contributed by atoms with Gasteiger partial charge in [-0.1, -0.05) is 5.11 Å². The second-order valence-corrected chi connectivity index (χ2v) is 5.33. The first-order valence-electron chi connectivity index (χ1n) is 6.97. The van der Waals surface area contributed by atoms with Crippen LogP contribution in [0.3, 0.4) is 0 Å². The average molecular weight is 348 g/mol. The highest BCUT2D eigenvalue weighted by molar-refractivity contribution is 5.78. The minimum atomic E-state index is -2.58. The largest absolute Gasteiger partial charge is 0.465 e. The highest BCUT2D eigenvalue weighted by Gasteiger charge is 2.54. The van der Waals surface area contributed by atoms with E-state index in [0.717, 1.165) is 14.0 Å². The first-order valence-corrected chi connectivity index (χ1v) is 6.97. The zero-order chi connectivity index (χ0) is 18.5. The number of ether oxygens (including phenoxy) is 2. The molecule has 0 aromatic carbocycles. The van der Waals surface area contributed by atoms with Gasteiger partial charge in [-0.2, -0.15) is 0 Å². The molecule has 1 saturated heterocycles. The summed E-state index contributed by atoms with van der Waals surface area (Å²) in [5.41, 5.74) is 8.24. The molecular weight excluding hydrogens is 328 g/mol. The lowest BCUT2D eigenvalue weighted by molar-refractivity contribution is -0.295. The van der Waals surface area contributed by atoms with Crippen LogP contribution in [0.1, 0.15) is 13.3 Å². The van der Waals surface area contributed by atoms with Gasteiger partial charge in [-0.15, -0.1) is 0 Å². The van der Waals surface area contributed by atoms with Crippen molar-refractivity contribution in [3.05, 3.63) is 10.4 Å². The average Bonchev–Trinajstić information content (AvgIpc) is 2.53. The molecule has 6 atom stereocenters. The third-order valence-electron chi connectivity index (χ3n) is 3.52. The molecule has 24 heavy (non-hydrogen) atoms. The van der Waals surface area contributed by atoms with E-state index in [1.807, 2.05) is 0 Å². The van der Waals surface area contributed by atoms with E-state index in [2.05, 4.69) is 20.1 Å². The lowest BCUT2D eigenvalue weighted by Gasteiger charge is -2.45. The number of nitrogens with zero attached hydrogens (tertiary/aromatic N) is 3. The Morgan fingerprint density at radius 1 is 1.54 bits per heavy atom.